The van der Waals surface area contributed by atoms with Crippen LogP contribution in [0.2, 0.25) is 5.02 Å². The second-order valence-electron chi connectivity index (χ2n) is 5.70. The topological polar surface area (TPSA) is 78.5 Å². The van der Waals surface area contributed by atoms with Crippen molar-refractivity contribution in [3.8, 4) is 0 Å². The smallest absolute Gasteiger partial charge is 0.319 e. The number of amides is 2. The number of benzene rings is 2. The van der Waals surface area contributed by atoms with Crippen molar-refractivity contribution in [2.75, 3.05) is 21.9 Å². The zero-order chi connectivity index (χ0) is 17.9. The van der Waals surface area contributed by atoms with Crippen LogP contribution in [0.1, 0.15) is 12.0 Å². The fourth-order valence-corrected chi connectivity index (χ4v) is 4.49. The van der Waals surface area contributed by atoms with E-state index >= 15 is 0 Å². The van der Waals surface area contributed by atoms with Gasteiger partial charge in [0.25, 0.3) is 0 Å². The Hall–Kier alpha value is -2.25. The van der Waals surface area contributed by atoms with E-state index < -0.39 is 10.0 Å². The van der Waals surface area contributed by atoms with Gasteiger partial charge in [-0.1, -0.05) is 41.9 Å². The van der Waals surface area contributed by atoms with Crippen molar-refractivity contribution in [3.05, 3.63) is 59.1 Å². The molecule has 132 valence electrons. The van der Waals surface area contributed by atoms with E-state index in [1.54, 1.807) is 18.2 Å². The number of hydrogen-bond acceptors (Lipinski definition) is 3. The third-order valence-electron chi connectivity index (χ3n) is 3.87. The van der Waals surface area contributed by atoms with Gasteiger partial charge in [-0.25, -0.2) is 13.2 Å². The van der Waals surface area contributed by atoms with E-state index in [0.717, 1.165) is 5.56 Å². The fourth-order valence-electron chi connectivity index (χ4n) is 2.65. The van der Waals surface area contributed by atoms with E-state index in [9.17, 15) is 13.2 Å². The SMILES string of the molecule is O=C(NCc1ccccc1)Nc1ccc(Cl)c(N2CCCS2(=O)=O)c1. The van der Waals surface area contributed by atoms with E-state index in [1.165, 1.54) is 4.31 Å². The first-order chi connectivity index (χ1) is 12.0. The van der Waals surface area contributed by atoms with Crippen molar-refractivity contribution in [1.29, 1.82) is 0 Å². The largest absolute Gasteiger partial charge is 0.334 e. The van der Waals surface area contributed by atoms with Crippen LogP contribution in [-0.4, -0.2) is 26.7 Å². The van der Waals surface area contributed by atoms with Crippen LogP contribution in [0.4, 0.5) is 16.2 Å². The van der Waals surface area contributed by atoms with Gasteiger partial charge in [-0.2, -0.15) is 0 Å². The summed E-state index contributed by atoms with van der Waals surface area (Å²) in [6.07, 6.45) is 0.563. The van der Waals surface area contributed by atoms with Gasteiger partial charge in [0.2, 0.25) is 10.0 Å². The lowest BCUT2D eigenvalue weighted by Crippen LogP contribution is -2.28. The number of halogens is 1. The molecule has 0 spiro atoms. The van der Waals surface area contributed by atoms with Crippen LogP contribution in [0.15, 0.2) is 48.5 Å². The van der Waals surface area contributed by atoms with Gasteiger partial charge in [0.15, 0.2) is 0 Å². The van der Waals surface area contributed by atoms with Crippen molar-refractivity contribution >= 4 is 39.0 Å². The van der Waals surface area contributed by atoms with Gasteiger partial charge in [0, 0.05) is 18.8 Å². The lowest BCUT2D eigenvalue weighted by molar-refractivity contribution is 0.251. The molecule has 1 aliphatic rings. The van der Waals surface area contributed by atoms with Gasteiger partial charge < -0.3 is 10.6 Å². The predicted molar refractivity (Wildman–Crippen MR) is 99.5 cm³/mol. The second kappa shape index (κ2) is 7.33. The summed E-state index contributed by atoms with van der Waals surface area (Å²) in [5.74, 6) is 0.110. The van der Waals surface area contributed by atoms with Crippen LogP contribution >= 0.6 is 11.6 Å². The van der Waals surface area contributed by atoms with Crippen molar-refractivity contribution in [1.82, 2.24) is 5.32 Å². The van der Waals surface area contributed by atoms with Gasteiger partial charge in [-0.3, -0.25) is 4.31 Å². The first kappa shape index (κ1) is 17.6. The molecule has 0 radical (unpaired) electrons. The number of sulfonamides is 1. The summed E-state index contributed by atoms with van der Waals surface area (Å²) in [5, 5.41) is 5.79. The molecular formula is C17H18ClN3O3S. The van der Waals surface area contributed by atoms with Crippen molar-refractivity contribution in [2.45, 2.75) is 13.0 Å². The molecule has 1 saturated heterocycles. The van der Waals surface area contributed by atoms with Crippen LogP contribution in [-0.2, 0) is 16.6 Å². The van der Waals surface area contributed by atoms with Gasteiger partial charge in [0.1, 0.15) is 0 Å². The lowest BCUT2D eigenvalue weighted by Gasteiger charge is -2.19. The van der Waals surface area contributed by atoms with Gasteiger partial charge >= 0.3 is 6.03 Å². The minimum absolute atomic E-state index is 0.110. The minimum Gasteiger partial charge on any atom is -0.334 e. The molecule has 1 heterocycles. The van der Waals surface area contributed by atoms with E-state index in [0.29, 0.717) is 35.9 Å². The number of rotatable bonds is 4. The zero-order valence-corrected chi connectivity index (χ0v) is 15.0. The summed E-state index contributed by atoms with van der Waals surface area (Å²) in [5.41, 5.74) is 1.85. The number of hydrogen-bond donors (Lipinski definition) is 2. The van der Waals surface area contributed by atoms with Crippen LogP contribution in [0.5, 0.6) is 0 Å². The molecule has 1 fully saturated rings. The average Bonchev–Trinajstić information content (AvgIpc) is 2.95. The lowest BCUT2D eigenvalue weighted by atomic mass is 10.2. The molecule has 0 saturated carbocycles. The minimum atomic E-state index is -3.33. The Balaban J connectivity index is 1.69. The van der Waals surface area contributed by atoms with Crippen LogP contribution in [0.25, 0.3) is 0 Å². The van der Waals surface area contributed by atoms with Crippen molar-refractivity contribution < 1.29 is 13.2 Å². The third kappa shape index (κ3) is 4.24. The van der Waals surface area contributed by atoms with Gasteiger partial charge in [-0.05, 0) is 30.2 Å². The molecule has 0 atom stereocenters. The standard InChI is InChI=1S/C17H18ClN3O3S/c18-15-8-7-14(11-16(15)21-9-4-10-25(21,23)24)20-17(22)19-12-13-5-2-1-3-6-13/h1-3,5-8,11H,4,9-10,12H2,(H2,19,20,22). The third-order valence-corrected chi connectivity index (χ3v) is 6.04. The Kier molecular flexibility index (Phi) is 5.15. The number of anilines is 2. The van der Waals surface area contributed by atoms with E-state index in [-0.39, 0.29) is 11.8 Å². The molecule has 0 aliphatic carbocycles. The summed E-state index contributed by atoms with van der Waals surface area (Å²) in [6, 6.07) is 14.0. The Morgan fingerprint density at radius 2 is 1.92 bits per heavy atom. The molecule has 2 aromatic rings. The summed E-state index contributed by atoms with van der Waals surface area (Å²) < 4.78 is 25.4. The molecule has 2 amide bonds. The van der Waals surface area contributed by atoms with Crippen molar-refractivity contribution in [2.24, 2.45) is 0 Å². The molecular weight excluding hydrogens is 362 g/mol. The Labute approximate surface area is 151 Å². The predicted octanol–water partition coefficient (Wildman–Crippen LogP) is 3.20. The molecule has 8 heteroatoms. The maximum Gasteiger partial charge on any atom is 0.319 e. The van der Waals surface area contributed by atoms with Crippen molar-refractivity contribution in [3.63, 3.8) is 0 Å². The quantitative estimate of drug-likeness (QED) is 0.856. The first-order valence-corrected chi connectivity index (χ1v) is 9.83. The highest BCUT2D eigenvalue weighted by molar-refractivity contribution is 7.93. The van der Waals surface area contributed by atoms with Crippen LogP contribution in [0, 0.1) is 0 Å². The highest BCUT2D eigenvalue weighted by Crippen LogP contribution is 2.33. The monoisotopic (exact) mass is 379 g/mol. The zero-order valence-electron chi connectivity index (χ0n) is 13.4. The van der Waals surface area contributed by atoms with Crippen LogP contribution < -0.4 is 14.9 Å². The Morgan fingerprint density at radius 3 is 2.60 bits per heavy atom. The average molecular weight is 380 g/mol. The molecule has 25 heavy (non-hydrogen) atoms. The molecule has 0 aromatic heterocycles. The number of nitrogens with one attached hydrogen (secondary N) is 2. The summed E-state index contributed by atoms with van der Waals surface area (Å²) in [4.78, 5) is 12.0. The number of urea groups is 1. The fraction of sp³-hybridized carbons (Fsp3) is 0.235. The Morgan fingerprint density at radius 1 is 1.16 bits per heavy atom. The highest BCUT2D eigenvalue weighted by atomic mass is 35.5. The normalized spacial score (nSPS) is 15.8. The number of carbonyl (C=O) groups excluding carboxylic acids is 1. The number of carbonyl (C=O) groups is 1. The van der Waals surface area contributed by atoms with E-state index in [1.807, 2.05) is 30.3 Å². The molecule has 6 nitrogen and oxygen atoms in total. The van der Waals surface area contributed by atoms with Gasteiger partial charge in [0.05, 0.1) is 16.5 Å². The molecule has 0 unspecified atom stereocenters. The summed E-state index contributed by atoms with van der Waals surface area (Å²) in [6.45, 7) is 0.791. The maximum atomic E-state index is 12.1. The molecule has 1 aliphatic heterocycles. The van der Waals surface area contributed by atoms with E-state index in [4.69, 9.17) is 11.6 Å². The van der Waals surface area contributed by atoms with Gasteiger partial charge in [-0.15, -0.1) is 0 Å². The van der Waals surface area contributed by atoms with E-state index in [2.05, 4.69) is 10.6 Å². The Bertz CT molecular complexity index is 872. The number of nitrogens with zero attached hydrogens (tertiary/aromatic N) is 1. The molecule has 3 rings (SSSR count). The first-order valence-electron chi connectivity index (χ1n) is 7.84. The second-order valence-corrected chi connectivity index (χ2v) is 8.12. The molecule has 2 N–H and O–H groups in total. The maximum absolute atomic E-state index is 12.1. The summed E-state index contributed by atoms with van der Waals surface area (Å²) >= 11 is 6.15. The molecule has 0 bridgehead atoms. The highest BCUT2D eigenvalue weighted by Gasteiger charge is 2.30. The molecule has 2 aromatic carbocycles. The summed E-state index contributed by atoms with van der Waals surface area (Å²) in [7, 11) is -3.33. The van der Waals surface area contributed by atoms with Crippen LogP contribution in [0.3, 0.4) is 0 Å².